The number of methoxy groups -OCH3 is 2. The fourth-order valence-corrected chi connectivity index (χ4v) is 1.29. The van der Waals surface area contributed by atoms with E-state index in [9.17, 15) is 4.79 Å². The van der Waals surface area contributed by atoms with Gasteiger partial charge >= 0.3 is 5.97 Å². The summed E-state index contributed by atoms with van der Waals surface area (Å²) in [5.74, 6) is -0.370. The number of carbonyl (C=O) groups is 1. The van der Waals surface area contributed by atoms with Crippen LogP contribution in [-0.2, 0) is 19.0 Å². The molecule has 1 fully saturated rings. The molecule has 0 saturated carbocycles. The average molecular weight is 174 g/mol. The Balaban J connectivity index is 2.40. The minimum atomic E-state index is -0.211. The minimum Gasteiger partial charge on any atom is -0.469 e. The summed E-state index contributed by atoms with van der Waals surface area (Å²) in [6, 6.07) is 0. The molecule has 0 aromatic rings. The Labute approximate surface area is 71.8 Å². The lowest BCUT2D eigenvalue weighted by molar-refractivity contribution is -0.154. The fourth-order valence-electron chi connectivity index (χ4n) is 1.29. The molecule has 70 valence electrons. The molecule has 0 spiro atoms. The zero-order valence-electron chi connectivity index (χ0n) is 7.41. The van der Waals surface area contributed by atoms with Crippen LogP contribution in [0.25, 0.3) is 0 Å². The van der Waals surface area contributed by atoms with Crippen LogP contribution in [0.3, 0.4) is 0 Å². The van der Waals surface area contributed by atoms with Crippen molar-refractivity contribution in [3.05, 3.63) is 0 Å². The van der Waals surface area contributed by atoms with Gasteiger partial charge in [0.05, 0.1) is 32.3 Å². The number of rotatable bonds is 2. The summed E-state index contributed by atoms with van der Waals surface area (Å²) < 4.78 is 14.9. The van der Waals surface area contributed by atoms with Crippen LogP contribution in [0.4, 0.5) is 0 Å². The Hall–Kier alpha value is -0.610. The standard InChI is InChI=1S/C8H14O4/c1-10-7-3-6(4-12-5-7)8(9)11-2/h6-7H,3-5H2,1-2H3/t6-,7+/m0/s1. The van der Waals surface area contributed by atoms with E-state index in [2.05, 4.69) is 4.74 Å². The maximum Gasteiger partial charge on any atom is 0.311 e. The maximum atomic E-state index is 11.1. The first-order valence-corrected chi connectivity index (χ1v) is 3.96. The third kappa shape index (κ3) is 2.19. The molecule has 0 aromatic heterocycles. The summed E-state index contributed by atoms with van der Waals surface area (Å²) in [5.41, 5.74) is 0. The van der Waals surface area contributed by atoms with Crippen molar-refractivity contribution < 1.29 is 19.0 Å². The Morgan fingerprint density at radius 1 is 1.42 bits per heavy atom. The van der Waals surface area contributed by atoms with Crippen molar-refractivity contribution in [2.24, 2.45) is 5.92 Å². The summed E-state index contributed by atoms with van der Waals surface area (Å²) in [6.45, 7) is 1.02. The predicted molar refractivity (Wildman–Crippen MR) is 41.7 cm³/mol. The van der Waals surface area contributed by atoms with Gasteiger partial charge in [0.2, 0.25) is 0 Å². The van der Waals surface area contributed by atoms with Crippen molar-refractivity contribution in [1.29, 1.82) is 0 Å². The number of hydrogen-bond donors (Lipinski definition) is 0. The van der Waals surface area contributed by atoms with Crippen LogP contribution in [-0.4, -0.2) is 39.5 Å². The lowest BCUT2D eigenvalue weighted by Crippen LogP contribution is -2.35. The molecule has 0 unspecified atom stereocenters. The lowest BCUT2D eigenvalue weighted by atomic mass is 10.0. The highest BCUT2D eigenvalue weighted by molar-refractivity contribution is 5.72. The molecule has 0 N–H and O–H groups in total. The second kappa shape index (κ2) is 4.42. The van der Waals surface area contributed by atoms with Crippen molar-refractivity contribution in [2.45, 2.75) is 12.5 Å². The van der Waals surface area contributed by atoms with E-state index in [1.165, 1.54) is 7.11 Å². The fraction of sp³-hybridized carbons (Fsp3) is 0.875. The Morgan fingerprint density at radius 2 is 2.17 bits per heavy atom. The largest absolute Gasteiger partial charge is 0.469 e. The number of esters is 1. The third-order valence-electron chi connectivity index (χ3n) is 2.04. The van der Waals surface area contributed by atoms with Gasteiger partial charge < -0.3 is 14.2 Å². The molecule has 0 radical (unpaired) electrons. The molecule has 4 nitrogen and oxygen atoms in total. The first-order valence-electron chi connectivity index (χ1n) is 3.96. The molecule has 0 amide bonds. The van der Waals surface area contributed by atoms with Crippen molar-refractivity contribution in [2.75, 3.05) is 27.4 Å². The van der Waals surface area contributed by atoms with Crippen LogP contribution in [0.15, 0.2) is 0 Å². The predicted octanol–water partition coefficient (Wildman–Crippen LogP) is 0.211. The van der Waals surface area contributed by atoms with E-state index in [0.717, 1.165) is 0 Å². The highest BCUT2D eigenvalue weighted by Gasteiger charge is 2.28. The van der Waals surface area contributed by atoms with Crippen molar-refractivity contribution >= 4 is 5.97 Å². The maximum absolute atomic E-state index is 11.1. The summed E-state index contributed by atoms with van der Waals surface area (Å²) >= 11 is 0. The minimum absolute atomic E-state index is 0.0304. The SMILES string of the molecule is COC(=O)[C@@H]1COC[C@H](OC)C1. The molecular weight excluding hydrogens is 160 g/mol. The quantitative estimate of drug-likeness (QED) is 0.561. The van der Waals surface area contributed by atoms with Gasteiger partial charge in [0.25, 0.3) is 0 Å². The molecule has 1 saturated heterocycles. The smallest absolute Gasteiger partial charge is 0.311 e. The van der Waals surface area contributed by atoms with Gasteiger partial charge in [-0.15, -0.1) is 0 Å². The summed E-state index contributed by atoms with van der Waals surface area (Å²) in [5, 5.41) is 0. The molecule has 1 aliphatic heterocycles. The molecule has 0 bridgehead atoms. The van der Waals surface area contributed by atoms with Crippen LogP contribution in [0, 0.1) is 5.92 Å². The van der Waals surface area contributed by atoms with Gasteiger partial charge in [-0.05, 0) is 6.42 Å². The Kier molecular flexibility index (Phi) is 3.49. The van der Waals surface area contributed by atoms with Crippen LogP contribution in [0.5, 0.6) is 0 Å². The van der Waals surface area contributed by atoms with E-state index in [0.29, 0.717) is 19.6 Å². The van der Waals surface area contributed by atoms with Crippen LogP contribution in [0.2, 0.25) is 0 Å². The van der Waals surface area contributed by atoms with E-state index in [1.54, 1.807) is 7.11 Å². The Bertz CT molecular complexity index is 157. The van der Waals surface area contributed by atoms with E-state index < -0.39 is 0 Å². The number of ether oxygens (including phenoxy) is 3. The van der Waals surface area contributed by atoms with Gasteiger partial charge in [-0.3, -0.25) is 4.79 Å². The van der Waals surface area contributed by atoms with Crippen molar-refractivity contribution in [3.63, 3.8) is 0 Å². The monoisotopic (exact) mass is 174 g/mol. The molecule has 2 atom stereocenters. The molecule has 0 aromatic carbocycles. The normalized spacial score (nSPS) is 29.8. The summed E-state index contributed by atoms with van der Waals surface area (Å²) in [7, 11) is 3.01. The highest BCUT2D eigenvalue weighted by atomic mass is 16.5. The average Bonchev–Trinajstić information content (AvgIpc) is 2.17. The van der Waals surface area contributed by atoms with E-state index in [4.69, 9.17) is 9.47 Å². The molecule has 1 heterocycles. The van der Waals surface area contributed by atoms with Gasteiger partial charge in [-0.1, -0.05) is 0 Å². The number of carbonyl (C=O) groups excluding carboxylic acids is 1. The molecular formula is C8H14O4. The van der Waals surface area contributed by atoms with Crippen molar-refractivity contribution in [3.8, 4) is 0 Å². The van der Waals surface area contributed by atoms with Gasteiger partial charge in [-0.2, -0.15) is 0 Å². The first kappa shape index (κ1) is 9.48. The van der Waals surface area contributed by atoms with Gasteiger partial charge in [0.15, 0.2) is 0 Å². The molecule has 1 aliphatic rings. The molecule has 0 aliphatic carbocycles. The van der Waals surface area contributed by atoms with E-state index >= 15 is 0 Å². The molecule has 1 rings (SSSR count). The van der Waals surface area contributed by atoms with E-state index in [-0.39, 0.29) is 18.0 Å². The van der Waals surface area contributed by atoms with Crippen LogP contribution >= 0.6 is 0 Å². The highest BCUT2D eigenvalue weighted by Crippen LogP contribution is 2.17. The zero-order valence-corrected chi connectivity index (χ0v) is 7.41. The van der Waals surface area contributed by atoms with Crippen molar-refractivity contribution in [1.82, 2.24) is 0 Å². The van der Waals surface area contributed by atoms with Gasteiger partial charge in [0.1, 0.15) is 0 Å². The second-order valence-electron chi connectivity index (χ2n) is 2.85. The van der Waals surface area contributed by atoms with Crippen LogP contribution in [0.1, 0.15) is 6.42 Å². The lowest BCUT2D eigenvalue weighted by Gasteiger charge is -2.26. The first-order chi connectivity index (χ1) is 5.77. The summed E-state index contributed by atoms with van der Waals surface area (Å²) in [4.78, 5) is 11.1. The Morgan fingerprint density at radius 3 is 2.75 bits per heavy atom. The third-order valence-corrected chi connectivity index (χ3v) is 2.04. The summed E-state index contributed by atoms with van der Waals surface area (Å²) in [6.07, 6.45) is 0.728. The second-order valence-corrected chi connectivity index (χ2v) is 2.85. The van der Waals surface area contributed by atoms with Gasteiger partial charge in [0, 0.05) is 7.11 Å². The van der Waals surface area contributed by atoms with Gasteiger partial charge in [-0.25, -0.2) is 0 Å². The zero-order chi connectivity index (χ0) is 8.97. The topological polar surface area (TPSA) is 44.8 Å². The number of hydrogen-bond acceptors (Lipinski definition) is 4. The van der Waals surface area contributed by atoms with E-state index in [1.807, 2.05) is 0 Å². The molecule has 4 heteroatoms. The van der Waals surface area contributed by atoms with Crippen LogP contribution < -0.4 is 0 Å². The molecule has 12 heavy (non-hydrogen) atoms.